The van der Waals surface area contributed by atoms with Gasteiger partial charge in [-0.3, -0.25) is 0 Å². The first-order chi connectivity index (χ1) is 9.28. The van der Waals surface area contributed by atoms with Crippen molar-refractivity contribution in [3.8, 4) is 5.75 Å². The van der Waals surface area contributed by atoms with Gasteiger partial charge in [-0.25, -0.2) is 0 Å². The zero-order valence-corrected chi connectivity index (χ0v) is 12.6. The van der Waals surface area contributed by atoms with Crippen molar-refractivity contribution in [1.29, 1.82) is 0 Å². The van der Waals surface area contributed by atoms with Gasteiger partial charge in [0.05, 0.1) is 7.11 Å². The molecule has 0 fully saturated rings. The Labute approximate surface area is 117 Å². The number of ether oxygens (including phenoxy) is 1. The van der Waals surface area contributed by atoms with Gasteiger partial charge in [-0.15, -0.1) is 0 Å². The molecule has 106 valence electrons. The summed E-state index contributed by atoms with van der Waals surface area (Å²) >= 11 is 0. The molecule has 1 unspecified atom stereocenters. The van der Waals surface area contributed by atoms with E-state index in [0.717, 1.165) is 5.75 Å². The van der Waals surface area contributed by atoms with Gasteiger partial charge < -0.3 is 9.64 Å². The van der Waals surface area contributed by atoms with Crippen molar-refractivity contribution < 1.29 is 4.74 Å². The Morgan fingerprint density at radius 3 is 2.58 bits per heavy atom. The Hall–Kier alpha value is -1.02. The van der Waals surface area contributed by atoms with Crippen LogP contribution in [0, 0.1) is 0 Å². The largest absolute Gasteiger partial charge is 0.497 e. The molecule has 0 bridgehead atoms. The summed E-state index contributed by atoms with van der Waals surface area (Å²) in [5, 5.41) is 0. The lowest BCUT2D eigenvalue weighted by Gasteiger charge is -2.25. The van der Waals surface area contributed by atoms with Gasteiger partial charge in [0.2, 0.25) is 0 Å². The van der Waals surface area contributed by atoms with E-state index in [9.17, 15) is 0 Å². The molecule has 2 nitrogen and oxygen atoms in total. The van der Waals surface area contributed by atoms with E-state index in [1.165, 1.54) is 56.4 Å². The second-order valence-corrected chi connectivity index (χ2v) is 5.60. The van der Waals surface area contributed by atoms with Crippen LogP contribution >= 0.6 is 0 Å². The lowest BCUT2D eigenvalue weighted by atomic mass is 10.00. The smallest absolute Gasteiger partial charge is 0.119 e. The summed E-state index contributed by atoms with van der Waals surface area (Å²) in [7, 11) is 1.76. The molecule has 2 rings (SSSR count). The molecule has 0 amide bonds. The number of aryl methyl sites for hydroxylation is 1. The predicted molar refractivity (Wildman–Crippen MR) is 81.1 cm³/mol. The third-order valence-electron chi connectivity index (χ3n) is 4.11. The van der Waals surface area contributed by atoms with Crippen molar-refractivity contribution in [2.45, 2.75) is 45.4 Å². The highest BCUT2D eigenvalue weighted by molar-refractivity contribution is 5.41. The number of hydrogen-bond donors (Lipinski definition) is 0. The van der Waals surface area contributed by atoms with Gasteiger partial charge in [0.25, 0.3) is 0 Å². The Bertz CT molecular complexity index is 396. The maximum absolute atomic E-state index is 5.37. The van der Waals surface area contributed by atoms with Crippen LogP contribution < -0.4 is 4.74 Å². The van der Waals surface area contributed by atoms with Gasteiger partial charge in [-0.2, -0.15) is 0 Å². The van der Waals surface area contributed by atoms with Crippen molar-refractivity contribution in [3.05, 3.63) is 29.3 Å². The second-order valence-electron chi connectivity index (χ2n) is 5.60. The summed E-state index contributed by atoms with van der Waals surface area (Å²) in [6.45, 7) is 8.21. The maximum atomic E-state index is 5.37. The quantitative estimate of drug-likeness (QED) is 0.739. The van der Waals surface area contributed by atoms with E-state index >= 15 is 0 Å². The Balaban J connectivity index is 2.07. The summed E-state index contributed by atoms with van der Waals surface area (Å²) in [5.41, 5.74) is 3.05. The van der Waals surface area contributed by atoms with Gasteiger partial charge in [0, 0.05) is 6.54 Å². The van der Waals surface area contributed by atoms with Crippen LogP contribution in [0.25, 0.3) is 0 Å². The summed E-state index contributed by atoms with van der Waals surface area (Å²) < 4.78 is 5.37. The zero-order valence-electron chi connectivity index (χ0n) is 12.6. The molecule has 0 N–H and O–H groups in total. The molecule has 19 heavy (non-hydrogen) atoms. The minimum Gasteiger partial charge on any atom is -0.497 e. The fraction of sp³-hybridized carbons (Fsp3) is 0.647. The zero-order chi connectivity index (χ0) is 13.7. The number of nitrogens with zero attached hydrogens (tertiary/aromatic N) is 1. The highest BCUT2D eigenvalue weighted by Crippen LogP contribution is 2.36. The highest BCUT2D eigenvalue weighted by atomic mass is 16.5. The molecule has 0 heterocycles. The monoisotopic (exact) mass is 261 g/mol. The number of rotatable bonds is 7. The van der Waals surface area contributed by atoms with E-state index < -0.39 is 0 Å². The van der Waals surface area contributed by atoms with E-state index in [2.05, 4.69) is 36.9 Å². The molecule has 0 spiro atoms. The van der Waals surface area contributed by atoms with E-state index in [1.54, 1.807) is 7.11 Å². The minimum atomic E-state index is 0.697. The summed E-state index contributed by atoms with van der Waals surface area (Å²) in [6, 6.07) is 6.60. The predicted octanol–water partition coefficient (Wildman–Crippen LogP) is 3.85. The molecule has 0 aliphatic heterocycles. The van der Waals surface area contributed by atoms with Gasteiger partial charge >= 0.3 is 0 Å². The first-order valence-electron chi connectivity index (χ1n) is 7.67. The topological polar surface area (TPSA) is 12.5 Å². The van der Waals surface area contributed by atoms with Crippen molar-refractivity contribution >= 4 is 0 Å². The summed E-state index contributed by atoms with van der Waals surface area (Å²) in [5.74, 6) is 1.70. The Morgan fingerprint density at radius 1 is 1.21 bits per heavy atom. The molecule has 1 aromatic rings. The normalized spacial score (nSPS) is 17.8. The fourth-order valence-corrected chi connectivity index (χ4v) is 3.22. The maximum Gasteiger partial charge on any atom is 0.119 e. The number of methoxy groups -OCH3 is 1. The van der Waals surface area contributed by atoms with Gasteiger partial charge in [-0.05, 0) is 68.0 Å². The van der Waals surface area contributed by atoms with E-state index in [4.69, 9.17) is 4.74 Å². The molecule has 1 aliphatic rings. The number of fused-ring (bicyclic) bond motifs is 1. The average molecular weight is 261 g/mol. The summed E-state index contributed by atoms with van der Waals surface area (Å²) in [6.07, 6.45) is 5.03. The number of benzene rings is 1. The molecule has 1 atom stereocenters. The Morgan fingerprint density at radius 2 is 1.95 bits per heavy atom. The van der Waals surface area contributed by atoms with E-state index in [0.29, 0.717) is 5.92 Å². The van der Waals surface area contributed by atoms with Crippen molar-refractivity contribution in [1.82, 2.24) is 4.90 Å². The van der Waals surface area contributed by atoms with Crippen LogP contribution in [0.2, 0.25) is 0 Å². The first-order valence-corrected chi connectivity index (χ1v) is 7.67. The SMILES string of the molecule is CCCN(CCC)CC1CCc2ccc(OC)cc21. The summed E-state index contributed by atoms with van der Waals surface area (Å²) in [4.78, 5) is 2.62. The Kier molecular flexibility index (Phi) is 5.26. The third-order valence-corrected chi connectivity index (χ3v) is 4.11. The van der Waals surface area contributed by atoms with Crippen LogP contribution in [0.4, 0.5) is 0 Å². The molecule has 0 saturated heterocycles. The average Bonchev–Trinajstić information content (AvgIpc) is 2.82. The van der Waals surface area contributed by atoms with Gasteiger partial charge in [0.1, 0.15) is 5.75 Å². The first kappa shape index (κ1) is 14.4. The van der Waals surface area contributed by atoms with Crippen molar-refractivity contribution in [2.75, 3.05) is 26.7 Å². The number of hydrogen-bond acceptors (Lipinski definition) is 2. The molecular weight excluding hydrogens is 234 g/mol. The van der Waals surface area contributed by atoms with E-state index in [1.807, 2.05) is 0 Å². The van der Waals surface area contributed by atoms with Gasteiger partial charge in [-0.1, -0.05) is 19.9 Å². The molecule has 1 aromatic carbocycles. The van der Waals surface area contributed by atoms with Crippen LogP contribution in [0.1, 0.15) is 50.2 Å². The lowest BCUT2D eigenvalue weighted by molar-refractivity contribution is 0.256. The van der Waals surface area contributed by atoms with Crippen LogP contribution in [-0.2, 0) is 6.42 Å². The van der Waals surface area contributed by atoms with Crippen LogP contribution in [0.5, 0.6) is 5.75 Å². The lowest BCUT2D eigenvalue weighted by Crippen LogP contribution is -2.29. The highest BCUT2D eigenvalue weighted by Gasteiger charge is 2.24. The fourth-order valence-electron chi connectivity index (χ4n) is 3.22. The second kappa shape index (κ2) is 6.95. The van der Waals surface area contributed by atoms with Gasteiger partial charge in [0.15, 0.2) is 0 Å². The van der Waals surface area contributed by atoms with Crippen LogP contribution in [0.15, 0.2) is 18.2 Å². The van der Waals surface area contributed by atoms with Crippen molar-refractivity contribution in [3.63, 3.8) is 0 Å². The molecule has 1 aliphatic carbocycles. The molecule has 2 heteroatoms. The molecule has 0 saturated carbocycles. The van der Waals surface area contributed by atoms with Crippen LogP contribution in [-0.4, -0.2) is 31.6 Å². The molecule has 0 radical (unpaired) electrons. The third kappa shape index (κ3) is 3.50. The van der Waals surface area contributed by atoms with E-state index in [-0.39, 0.29) is 0 Å². The minimum absolute atomic E-state index is 0.697. The molecule has 0 aromatic heterocycles. The van der Waals surface area contributed by atoms with Crippen LogP contribution in [0.3, 0.4) is 0 Å². The molecular formula is C17H27NO. The standard InChI is InChI=1S/C17H27NO/c1-4-10-18(11-5-2)13-15-7-6-14-8-9-16(19-3)12-17(14)15/h8-9,12,15H,4-7,10-11,13H2,1-3H3. The van der Waals surface area contributed by atoms with Crippen molar-refractivity contribution in [2.24, 2.45) is 0 Å².